The standard InChI is InChI=1S/C13H15BrN4S/c1-2-7-16-11-8-12(18-13(15)17-11)19-10-5-3-9(14)4-6-10/h3-6,8H,2,7H2,1H3,(H3,15,16,17,18). The second kappa shape index (κ2) is 6.77. The van der Waals surface area contributed by atoms with Gasteiger partial charge in [0.2, 0.25) is 5.95 Å². The van der Waals surface area contributed by atoms with Gasteiger partial charge in [-0.2, -0.15) is 4.98 Å². The number of nitrogens with two attached hydrogens (primary N) is 1. The van der Waals surface area contributed by atoms with Crippen LogP contribution in [-0.4, -0.2) is 16.5 Å². The Kier molecular flexibility index (Phi) is 5.04. The van der Waals surface area contributed by atoms with Crippen LogP contribution in [0.25, 0.3) is 0 Å². The summed E-state index contributed by atoms with van der Waals surface area (Å²) in [5.41, 5.74) is 5.73. The van der Waals surface area contributed by atoms with Crippen molar-refractivity contribution < 1.29 is 0 Å². The predicted octanol–water partition coefficient (Wildman–Crippen LogP) is 3.79. The van der Waals surface area contributed by atoms with Crippen molar-refractivity contribution in [2.24, 2.45) is 0 Å². The molecule has 6 heteroatoms. The molecule has 0 radical (unpaired) electrons. The molecule has 0 aliphatic heterocycles. The van der Waals surface area contributed by atoms with Gasteiger partial charge < -0.3 is 11.1 Å². The molecular formula is C13H15BrN4S. The molecule has 0 aliphatic carbocycles. The van der Waals surface area contributed by atoms with Crippen LogP contribution in [-0.2, 0) is 0 Å². The Balaban J connectivity index is 2.15. The highest BCUT2D eigenvalue weighted by atomic mass is 79.9. The Morgan fingerprint density at radius 1 is 1.26 bits per heavy atom. The smallest absolute Gasteiger partial charge is 0.223 e. The fraction of sp³-hybridized carbons (Fsp3) is 0.231. The molecule has 0 saturated carbocycles. The molecule has 0 atom stereocenters. The Labute approximate surface area is 125 Å². The number of anilines is 2. The lowest BCUT2D eigenvalue weighted by Crippen LogP contribution is -2.05. The molecule has 100 valence electrons. The van der Waals surface area contributed by atoms with Crippen molar-refractivity contribution in [2.45, 2.75) is 23.3 Å². The van der Waals surface area contributed by atoms with Gasteiger partial charge in [0.1, 0.15) is 10.8 Å². The van der Waals surface area contributed by atoms with Crippen LogP contribution in [0.3, 0.4) is 0 Å². The van der Waals surface area contributed by atoms with Gasteiger partial charge in [-0.15, -0.1) is 0 Å². The van der Waals surface area contributed by atoms with E-state index in [4.69, 9.17) is 5.73 Å². The van der Waals surface area contributed by atoms with E-state index in [0.29, 0.717) is 5.95 Å². The van der Waals surface area contributed by atoms with Crippen LogP contribution < -0.4 is 11.1 Å². The van der Waals surface area contributed by atoms with Crippen LogP contribution in [0.15, 0.2) is 44.7 Å². The summed E-state index contributed by atoms with van der Waals surface area (Å²) in [4.78, 5) is 9.51. The van der Waals surface area contributed by atoms with Crippen molar-refractivity contribution in [2.75, 3.05) is 17.6 Å². The van der Waals surface area contributed by atoms with Crippen LogP contribution in [0.1, 0.15) is 13.3 Å². The summed E-state index contributed by atoms with van der Waals surface area (Å²) in [5.74, 6) is 1.06. The zero-order valence-corrected chi connectivity index (χ0v) is 13.0. The van der Waals surface area contributed by atoms with E-state index >= 15 is 0 Å². The predicted molar refractivity (Wildman–Crippen MR) is 83.5 cm³/mol. The maximum absolute atomic E-state index is 5.73. The number of hydrogen-bond acceptors (Lipinski definition) is 5. The Hall–Kier alpha value is -1.27. The molecule has 0 aliphatic rings. The summed E-state index contributed by atoms with van der Waals surface area (Å²) in [6.45, 7) is 2.98. The zero-order chi connectivity index (χ0) is 13.7. The average Bonchev–Trinajstić information content (AvgIpc) is 2.38. The third-order valence-electron chi connectivity index (χ3n) is 2.31. The van der Waals surface area contributed by atoms with Gasteiger partial charge in [-0.3, -0.25) is 0 Å². The van der Waals surface area contributed by atoms with Crippen molar-refractivity contribution in [3.05, 3.63) is 34.8 Å². The quantitative estimate of drug-likeness (QED) is 0.812. The van der Waals surface area contributed by atoms with E-state index in [1.165, 1.54) is 0 Å². The van der Waals surface area contributed by atoms with Crippen molar-refractivity contribution >= 4 is 39.5 Å². The average molecular weight is 339 g/mol. The fourth-order valence-corrected chi connectivity index (χ4v) is 2.55. The lowest BCUT2D eigenvalue weighted by molar-refractivity contribution is 0.957. The van der Waals surface area contributed by atoms with Crippen LogP contribution in [0.4, 0.5) is 11.8 Å². The number of nitrogen functional groups attached to an aromatic ring is 1. The zero-order valence-electron chi connectivity index (χ0n) is 10.6. The van der Waals surface area contributed by atoms with E-state index < -0.39 is 0 Å². The number of hydrogen-bond donors (Lipinski definition) is 2. The lowest BCUT2D eigenvalue weighted by Gasteiger charge is -2.07. The van der Waals surface area contributed by atoms with Gasteiger partial charge in [0, 0.05) is 22.0 Å². The van der Waals surface area contributed by atoms with E-state index in [0.717, 1.165) is 33.2 Å². The van der Waals surface area contributed by atoms with E-state index in [1.807, 2.05) is 30.3 Å². The molecule has 0 saturated heterocycles. The van der Waals surface area contributed by atoms with E-state index in [-0.39, 0.29) is 0 Å². The summed E-state index contributed by atoms with van der Waals surface area (Å²) < 4.78 is 1.06. The minimum absolute atomic E-state index is 0.292. The molecule has 0 amide bonds. The van der Waals surface area contributed by atoms with Crippen molar-refractivity contribution in [3.63, 3.8) is 0 Å². The van der Waals surface area contributed by atoms with E-state index in [2.05, 4.69) is 38.1 Å². The molecule has 0 bridgehead atoms. The second-order valence-electron chi connectivity index (χ2n) is 3.93. The molecule has 2 aromatic rings. The largest absolute Gasteiger partial charge is 0.370 e. The first kappa shape index (κ1) is 14.1. The first-order chi connectivity index (χ1) is 9.17. The molecule has 4 nitrogen and oxygen atoms in total. The van der Waals surface area contributed by atoms with Crippen LogP contribution in [0.5, 0.6) is 0 Å². The number of nitrogens with one attached hydrogen (secondary N) is 1. The molecule has 19 heavy (non-hydrogen) atoms. The monoisotopic (exact) mass is 338 g/mol. The molecule has 0 unspecified atom stereocenters. The van der Waals surface area contributed by atoms with E-state index in [9.17, 15) is 0 Å². The van der Waals surface area contributed by atoms with Crippen LogP contribution in [0, 0.1) is 0 Å². The number of halogens is 1. The Morgan fingerprint density at radius 2 is 2.00 bits per heavy atom. The maximum Gasteiger partial charge on any atom is 0.223 e. The molecule has 0 fully saturated rings. The highest BCUT2D eigenvalue weighted by Gasteiger charge is 2.04. The minimum atomic E-state index is 0.292. The lowest BCUT2D eigenvalue weighted by atomic mass is 10.4. The number of benzene rings is 1. The summed E-state index contributed by atoms with van der Waals surface area (Å²) >= 11 is 4.98. The van der Waals surface area contributed by atoms with Gasteiger partial charge in [-0.25, -0.2) is 4.98 Å². The second-order valence-corrected chi connectivity index (χ2v) is 5.94. The number of aromatic nitrogens is 2. The molecule has 3 N–H and O–H groups in total. The van der Waals surface area contributed by atoms with Crippen LogP contribution in [0.2, 0.25) is 0 Å². The topological polar surface area (TPSA) is 63.8 Å². The number of nitrogens with zero attached hydrogens (tertiary/aromatic N) is 2. The van der Waals surface area contributed by atoms with Crippen molar-refractivity contribution in [3.8, 4) is 0 Å². The molecule has 2 rings (SSSR count). The van der Waals surface area contributed by atoms with Gasteiger partial charge in [0.05, 0.1) is 0 Å². The normalized spacial score (nSPS) is 10.4. The Morgan fingerprint density at radius 3 is 2.68 bits per heavy atom. The van der Waals surface area contributed by atoms with Gasteiger partial charge >= 0.3 is 0 Å². The minimum Gasteiger partial charge on any atom is -0.370 e. The first-order valence-corrected chi connectivity index (χ1v) is 7.60. The summed E-state index contributed by atoms with van der Waals surface area (Å²) in [6, 6.07) is 9.99. The SMILES string of the molecule is CCCNc1cc(Sc2ccc(Br)cc2)nc(N)n1. The molecule has 1 aromatic heterocycles. The van der Waals surface area contributed by atoms with Crippen molar-refractivity contribution in [1.29, 1.82) is 0 Å². The summed E-state index contributed by atoms with van der Waals surface area (Å²) in [5, 5.41) is 4.06. The summed E-state index contributed by atoms with van der Waals surface area (Å²) in [7, 11) is 0. The van der Waals surface area contributed by atoms with E-state index in [1.54, 1.807) is 11.8 Å². The third kappa shape index (κ3) is 4.40. The maximum atomic E-state index is 5.73. The number of rotatable bonds is 5. The van der Waals surface area contributed by atoms with Gasteiger partial charge in [0.15, 0.2) is 0 Å². The molecular weight excluding hydrogens is 324 g/mol. The third-order valence-corrected chi connectivity index (χ3v) is 3.77. The molecule has 1 aromatic carbocycles. The van der Waals surface area contributed by atoms with Gasteiger partial charge in [-0.1, -0.05) is 34.6 Å². The summed E-state index contributed by atoms with van der Waals surface area (Å²) in [6.07, 6.45) is 1.04. The van der Waals surface area contributed by atoms with Gasteiger partial charge in [0.25, 0.3) is 0 Å². The van der Waals surface area contributed by atoms with Crippen LogP contribution >= 0.6 is 27.7 Å². The molecule has 0 spiro atoms. The highest BCUT2D eigenvalue weighted by molar-refractivity contribution is 9.10. The highest BCUT2D eigenvalue weighted by Crippen LogP contribution is 2.28. The molecule has 1 heterocycles. The fourth-order valence-electron chi connectivity index (χ4n) is 1.46. The van der Waals surface area contributed by atoms with Gasteiger partial charge in [-0.05, 0) is 30.7 Å². The first-order valence-electron chi connectivity index (χ1n) is 5.99. The van der Waals surface area contributed by atoms with Crippen molar-refractivity contribution in [1.82, 2.24) is 9.97 Å². The Bertz CT molecular complexity index is 545.